The molecule has 0 amide bonds. The van der Waals surface area contributed by atoms with Crippen LogP contribution in [0.3, 0.4) is 0 Å². The van der Waals surface area contributed by atoms with Crippen molar-refractivity contribution in [3.8, 4) is 5.75 Å². The van der Waals surface area contributed by atoms with Gasteiger partial charge in [-0.05, 0) is 78.6 Å². The van der Waals surface area contributed by atoms with Crippen molar-refractivity contribution in [2.45, 2.75) is 31.8 Å². The number of benzene rings is 4. The van der Waals surface area contributed by atoms with Gasteiger partial charge in [0.15, 0.2) is 12.3 Å². The van der Waals surface area contributed by atoms with Crippen molar-refractivity contribution in [1.29, 1.82) is 0 Å². The molecule has 5 rings (SSSR count). The monoisotopic (exact) mass is 604 g/mol. The number of allylic oxidation sites excluding steroid dienone is 5. The molecule has 0 spiro atoms. The largest absolute Gasteiger partial charge is 0.744 e. The molecule has 0 aromatic heterocycles. The Bertz CT molecular complexity index is 1820. The van der Waals surface area contributed by atoms with Gasteiger partial charge in [-0.2, -0.15) is 0 Å². The maximum atomic E-state index is 12.4. The second-order valence-electron chi connectivity index (χ2n) is 10.6. The molecule has 0 atom stereocenters. The highest BCUT2D eigenvalue weighted by atomic mass is 32.2. The number of nitrogens with zero attached hydrogens (tertiary/aromatic N) is 2. The predicted molar refractivity (Wildman–Crippen MR) is 176 cm³/mol. The van der Waals surface area contributed by atoms with Crippen LogP contribution in [-0.2, 0) is 23.2 Å². The van der Waals surface area contributed by atoms with Crippen LogP contribution >= 0.6 is 0 Å². The first kappa shape index (κ1) is 30.7. The highest BCUT2D eigenvalue weighted by Crippen LogP contribution is 2.36. The molecule has 224 valence electrons. The Hall–Kier alpha value is -4.72. The minimum Gasteiger partial charge on any atom is -0.744 e. The lowest BCUT2D eigenvalue weighted by Crippen LogP contribution is -2.21. The maximum absolute atomic E-state index is 12.4. The van der Waals surface area contributed by atoms with Gasteiger partial charge in [0.1, 0.15) is 22.4 Å². The summed E-state index contributed by atoms with van der Waals surface area (Å²) in [7, 11) is -4.88. The maximum Gasteiger partial charge on any atom is 0.200 e. The smallest absolute Gasteiger partial charge is 0.200 e. The van der Waals surface area contributed by atoms with E-state index in [2.05, 4.69) is 47.6 Å². The summed E-state index contributed by atoms with van der Waals surface area (Å²) in [5.74, 6) is -0.285. The molecule has 0 fully saturated rings. The summed E-state index contributed by atoms with van der Waals surface area (Å²) in [4.78, 5) is 1.80. The van der Waals surface area contributed by atoms with E-state index in [4.69, 9.17) is 0 Å². The molecule has 1 aliphatic carbocycles. The number of rotatable bonds is 10. The summed E-state index contributed by atoms with van der Waals surface area (Å²) < 4.78 is 39.4. The Morgan fingerprint density at radius 3 is 1.98 bits per heavy atom. The molecule has 1 aliphatic rings. The van der Waals surface area contributed by atoms with Crippen molar-refractivity contribution in [1.82, 2.24) is 0 Å². The zero-order chi connectivity index (χ0) is 31.1. The van der Waals surface area contributed by atoms with Crippen molar-refractivity contribution < 1.29 is 22.7 Å². The minimum absolute atomic E-state index is 0.242. The SMILES string of the molecule is CCN(Cc1ccccc1)c1ccc(C(=C2C=CC(=[N+](CC)Cc3ccccc3)C=C2)c2ccc(O)cc2S(=O)(=O)[O-])cc1. The van der Waals surface area contributed by atoms with Crippen LogP contribution in [0.5, 0.6) is 5.75 Å². The summed E-state index contributed by atoms with van der Waals surface area (Å²) in [6.07, 6.45) is 7.93. The van der Waals surface area contributed by atoms with Gasteiger partial charge in [0.05, 0.1) is 4.90 Å². The first-order valence-corrected chi connectivity index (χ1v) is 16.1. The highest BCUT2D eigenvalue weighted by molar-refractivity contribution is 7.85. The molecular weight excluding hydrogens is 568 g/mol. The van der Waals surface area contributed by atoms with Crippen LogP contribution < -0.4 is 4.90 Å². The third-order valence-electron chi connectivity index (χ3n) is 7.74. The fourth-order valence-corrected chi connectivity index (χ4v) is 6.16. The molecule has 7 heteroatoms. The Morgan fingerprint density at radius 1 is 0.795 bits per heavy atom. The number of aromatic hydroxyl groups is 1. The highest BCUT2D eigenvalue weighted by Gasteiger charge is 2.20. The fourth-order valence-electron chi connectivity index (χ4n) is 5.46. The van der Waals surface area contributed by atoms with Gasteiger partial charge in [-0.15, -0.1) is 0 Å². The van der Waals surface area contributed by atoms with Crippen molar-refractivity contribution in [2.24, 2.45) is 0 Å². The minimum atomic E-state index is -4.88. The summed E-state index contributed by atoms with van der Waals surface area (Å²) in [5.41, 5.74) is 6.80. The van der Waals surface area contributed by atoms with Crippen molar-refractivity contribution >= 4 is 27.1 Å². The molecule has 0 saturated carbocycles. The molecule has 6 nitrogen and oxygen atoms in total. The molecule has 0 heterocycles. The van der Waals surface area contributed by atoms with Gasteiger partial charge in [0, 0.05) is 42.1 Å². The van der Waals surface area contributed by atoms with E-state index < -0.39 is 15.0 Å². The average Bonchev–Trinajstić information content (AvgIpc) is 3.04. The zero-order valence-electron chi connectivity index (χ0n) is 24.9. The Kier molecular flexibility index (Phi) is 9.58. The first-order chi connectivity index (χ1) is 21.3. The summed E-state index contributed by atoms with van der Waals surface area (Å²) in [6, 6.07) is 32.4. The van der Waals surface area contributed by atoms with Gasteiger partial charge < -0.3 is 14.6 Å². The van der Waals surface area contributed by atoms with Crippen LogP contribution in [0.25, 0.3) is 5.57 Å². The Morgan fingerprint density at radius 2 is 1.41 bits per heavy atom. The Labute approximate surface area is 260 Å². The molecule has 0 saturated heterocycles. The molecule has 4 aromatic carbocycles. The number of anilines is 1. The lowest BCUT2D eigenvalue weighted by Gasteiger charge is -2.24. The second kappa shape index (κ2) is 13.7. The second-order valence-corrected chi connectivity index (χ2v) is 12.0. The predicted octanol–water partition coefficient (Wildman–Crippen LogP) is 6.92. The van der Waals surface area contributed by atoms with Crippen molar-refractivity contribution in [3.63, 3.8) is 0 Å². The lowest BCUT2D eigenvalue weighted by molar-refractivity contribution is -0.539. The van der Waals surface area contributed by atoms with E-state index in [9.17, 15) is 18.1 Å². The molecule has 0 unspecified atom stereocenters. The van der Waals surface area contributed by atoms with Gasteiger partial charge in [-0.3, -0.25) is 0 Å². The van der Waals surface area contributed by atoms with Gasteiger partial charge in [-0.25, -0.2) is 13.0 Å². The number of hydrogen-bond donors (Lipinski definition) is 1. The third-order valence-corrected chi connectivity index (χ3v) is 8.62. The molecule has 0 radical (unpaired) electrons. The van der Waals surface area contributed by atoms with E-state index >= 15 is 0 Å². The van der Waals surface area contributed by atoms with Gasteiger partial charge in [0.25, 0.3) is 0 Å². The molecular formula is C37H36N2O4S. The van der Waals surface area contributed by atoms with E-state index in [0.29, 0.717) is 5.57 Å². The van der Waals surface area contributed by atoms with Gasteiger partial charge >= 0.3 is 0 Å². The summed E-state index contributed by atoms with van der Waals surface area (Å²) >= 11 is 0. The Balaban J connectivity index is 1.58. The van der Waals surface area contributed by atoms with Gasteiger partial charge in [0.2, 0.25) is 0 Å². The van der Waals surface area contributed by atoms with Crippen LogP contribution in [0.4, 0.5) is 5.69 Å². The number of phenols is 1. The van der Waals surface area contributed by atoms with Crippen LogP contribution in [-0.4, -0.2) is 41.5 Å². The van der Waals surface area contributed by atoms with E-state index in [0.717, 1.165) is 54.8 Å². The fraction of sp³-hybridized carbons (Fsp3) is 0.162. The van der Waals surface area contributed by atoms with Crippen LogP contribution in [0.2, 0.25) is 0 Å². The standard InChI is InChI=1S/C37H36N2O4S/c1-3-38(26-28-11-7-5-8-12-28)32-19-15-30(16-20-32)37(35-24-23-34(40)25-36(35)44(41,42)43)31-17-21-33(22-18-31)39(4-2)27-29-13-9-6-10-14-29/h5-25H,3-4,26-27H2,1-2H3,(H,41,42,43). The molecule has 1 N–H and O–H groups in total. The quantitative estimate of drug-likeness (QED) is 0.157. The summed E-state index contributed by atoms with van der Waals surface area (Å²) in [5, 5.41) is 10.1. The van der Waals surface area contributed by atoms with Crippen LogP contribution in [0.1, 0.15) is 36.1 Å². The first-order valence-electron chi connectivity index (χ1n) is 14.7. The third kappa shape index (κ3) is 7.25. The normalized spacial score (nSPS) is 12.8. The average molecular weight is 605 g/mol. The molecule has 0 bridgehead atoms. The number of phenolic OH excluding ortho intramolecular Hbond substituents is 1. The van der Waals surface area contributed by atoms with Crippen LogP contribution in [0, 0.1) is 0 Å². The van der Waals surface area contributed by atoms with E-state index in [-0.39, 0.29) is 11.3 Å². The lowest BCUT2D eigenvalue weighted by atomic mass is 9.90. The molecule has 44 heavy (non-hydrogen) atoms. The zero-order valence-corrected chi connectivity index (χ0v) is 25.7. The van der Waals surface area contributed by atoms with Crippen molar-refractivity contribution in [2.75, 3.05) is 18.0 Å². The topological polar surface area (TPSA) is 83.7 Å². The van der Waals surface area contributed by atoms with E-state index in [1.165, 1.54) is 23.3 Å². The number of hydrogen-bond acceptors (Lipinski definition) is 5. The van der Waals surface area contributed by atoms with Crippen molar-refractivity contribution in [3.05, 3.63) is 155 Å². The summed E-state index contributed by atoms with van der Waals surface area (Å²) in [6.45, 7) is 7.33. The van der Waals surface area contributed by atoms with E-state index in [1.807, 2.05) is 85.0 Å². The molecule has 4 aromatic rings. The van der Waals surface area contributed by atoms with E-state index in [1.54, 1.807) is 0 Å². The van der Waals surface area contributed by atoms with Crippen LogP contribution in [0.15, 0.2) is 138 Å². The molecule has 0 aliphatic heterocycles. The van der Waals surface area contributed by atoms with Gasteiger partial charge in [-0.1, -0.05) is 72.8 Å².